The van der Waals surface area contributed by atoms with E-state index in [0.29, 0.717) is 0 Å². The molecule has 0 aromatic rings. The molecule has 0 aromatic carbocycles. The summed E-state index contributed by atoms with van der Waals surface area (Å²) in [6.07, 6.45) is 0. The molecule has 0 radical (unpaired) electrons. The molecule has 0 bridgehead atoms. The second-order valence-electron chi connectivity index (χ2n) is 1.28. The van der Waals surface area contributed by atoms with E-state index in [1.165, 1.54) is 24.8 Å². The molecule has 8 heteroatoms. The molecule has 5 nitrogen and oxygen atoms in total. The van der Waals surface area contributed by atoms with Crippen molar-refractivity contribution in [3.63, 3.8) is 0 Å². The molecule has 0 saturated carbocycles. The number of hydrogen-bond donors (Lipinski definition) is 0. The molecule has 0 aliphatic carbocycles. The summed E-state index contributed by atoms with van der Waals surface area (Å²) in [6, 6.07) is 0. The van der Waals surface area contributed by atoms with Gasteiger partial charge in [-0.1, -0.05) is 0 Å². The van der Waals surface area contributed by atoms with E-state index >= 15 is 0 Å². The van der Waals surface area contributed by atoms with Gasteiger partial charge in [-0.2, -0.15) is 0 Å². The van der Waals surface area contributed by atoms with Gasteiger partial charge in [0.05, 0.1) is 0 Å². The van der Waals surface area contributed by atoms with Crippen molar-refractivity contribution >= 4 is 24.0 Å². The average molecular weight is 379 g/mol. The second-order valence-corrected chi connectivity index (χ2v) is 5.27. The van der Waals surface area contributed by atoms with Crippen molar-refractivity contribution < 1.29 is 31.3 Å². The quantitative estimate of drug-likeness (QED) is 0.453. The van der Waals surface area contributed by atoms with Gasteiger partial charge >= 0.3 is 82.4 Å². The van der Waals surface area contributed by atoms with E-state index in [4.69, 9.17) is 26.3 Å². The molecule has 63 valence electrons. The van der Waals surface area contributed by atoms with E-state index in [9.17, 15) is 0 Å². The van der Waals surface area contributed by atoms with Gasteiger partial charge in [-0.05, 0) is 0 Å². The Hall–Kier alpha value is -0.677. The van der Waals surface area contributed by atoms with Crippen LogP contribution in [0.25, 0.3) is 0 Å². The van der Waals surface area contributed by atoms with Crippen LogP contribution in [0, 0.1) is 51.1 Å². The first kappa shape index (κ1) is 18.2. The summed E-state index contributed by atoms with van der Waals surface area (Å²) in [5.41, 5.74) is 0. The summed E-state index contributed by atoms with van der Waals surface area (Å²) in [7, 11) is 0. The molecule has 0 saturated heterocycles. The Balaban J connectivity index is -0.000000500. The third kappa shape index (κ3) is 2.64. The summed E-state index contributed by atoms with van der Waals surface area (Å²) in [4.78, 5) is 6.12. The van der Waals surface area contributed by atoms with E-state index in [2.05, 4.69) is 0 Å². The summed E-state index contributed by atoms with van der Waals surface area (Å²) < 4.78 is 0. The first-order chi connectivity index (χ1) is 5.12. The summed E-state index contributed by atoms with van der Waals surface area (Å²) >= 11 is -4.78. The Morgan fingerprint density at radius 3 is 0.769 bits per heavy atom. The summed E-state index contributed by atoms with van der Waals surface area (Å²) in [5, 5.41) is 41.8. The minimum absolute atomic E-state index is 0. The zero-order valence-electron chi connectivity index (χ0n) is 6.20. The van der Waals surface area contributed by atoms with Crippen LogP contribution < -0.4 is 0 Å². The van der Waals surface area contributed by atoms with Gasteiger partial charge < -0.3 is 0 Å². The van der Waals surface area contributed by atoms with E-state index in [1.807, 2.05) is 0 Å². The van der Waals surface area contributed by atoms with Crippen LogP contribution in [0.5, 0.6) is 0 Å². The molecule has 0 fully saturated rings. The molecular weight excluding hydrogens is 378 g/mol. The Morgan fingerprint density at radius 1 is 0.615 bits per heavy atom. The first-order valence-electron chi connectivity index (χ1n) is 2.00. The molecule has 0 amide bonds. The van der Waals surface area contributed by atoms with Crippen molar-refractivity contribution in [2.75, 3.05) is 0 Å². The van der Waals surface area contributed by atoms with Crippen molar-refractivity contribution in [1.29, 1.82) is 26.3 Å². The van der Waals surface area contributed by atoms with Crippen LogP contribution in [0.15, 0.2) is 0 Å². The molecule has 0 N–H and O–H groups in total. The van der Waals surface area contributed by atoms with Gasteiger partial charge in [0.25, 0.3) is 0 Å². The smallest absolute Gasteiger partial charge is 2.00 e. The van der Waals surface area contributed by atoms with Gasteiger partial charge in [0.15, 0.2) is 0 Å². The normalized spacial score (nSPS) is 9.62. The average Bonchev–Trinajstić information content (AvgIpc) is 2.12. The third-order valence-corrected chi connectivity index (χ3v) is 3.26. The van der Waals surface area contributed by atoms with Gasteiger partial charge in [-0.25, -0.2) is 0 Å². The number of halogens is 1. The van der Waals surface area contributed by atoms with Gasteiger partial charge in [-0.15, -0.1) is 24.0 Å². The molecule has 0 unspecified atom stereocenters. The Morgan fingerprint density at radius 2 is 0.769 bits per heavy atom. The molecule has 0 rings (SSSR count). The minimum atomic E-state index is -4.78. The van der Waals surface area contributed by atoms with Crippen molar-refractivity contribution in [2.24, 2.45) is 0 Å². The molecule has 0 atom stereocenters. The number of hydrogen-bond acceptors (Lipinski definition) is 5. The zero-order chi connectivity index (χ0) is 8.98. The Labute approximate surface area is 106 Å². The Kier molecular flexibility index (Phi) is 8.22. The second kappa shape index (κ2) is 5.88. The van der Waals surface area contributed by atoms with E-state index in [0.717, 1.165) is 0 Å². The van der Waals surface area contributed by atoms with Crippen LogP contribution in [-0.4, -0.2) is 0 Å². The van der Waals surface area contributed by atoms with E-state index < -0.39 is 11.8 Å². The SMILES string of the molecule is I.N#[C][Fe-2]([C]#N)([C]#N)([C]#N)[C]#N.[Zn+2]. The van der Waals surface area contributed by atoms with Crippen molar-refractivity contribution in [3.05, 3.63) is 0 Å². The van der Waals surface area contributed by atoms with Crippen molar-refractivity contribution in [3.8, 4) is 24.8 Å². The standard InChI is InChI=1S/5CN.Fe.HI.Zn/c5*1-2;;;/h;;;;;;1H;/q;;;;;-2;;+2. The number of rotatable bonds is 0. The fraction of sp³-hybridized carbons (Fsp3) is 0. The zero-order valence-corrected chi connectivity index (χ0v) is 12.6. The molecule has 0 spiro atoms. The maximum atomic E-state index is 8.35. The van der Waals surface area contributed by atoms with Crippen LogP contribution in [0.2, 0.25) is 0 Å². The molecule has 0 heterocycles. The molecule has 0 aliphatic rings. The third-order valence-electron chi connectivity index (χ3n) is 0.791. The molecule has 0 aliphatic heterocycles. The molecule has 0 aromatic heterocycles. The first-order valence-corrected chi connectivity index (χ1v) is 4.76. The predicted molar refractivity (Wildman–Crippen MR) is 43.5 cm³/mol. The van der Waals surface area contributed by atoms with E-state index in [-0.39, 0.29) is 43.5 Å². The molecule has 13 heavy (non-hydrogen) atoms. The predicted octanol–water partition coefficient (Wildman–Crippen LogP) is 0.697. The van der Waals surface area contributed by atoms with Gasteiger partial charge in [0.1, 0.15) is 0 Å². The van der Waals surface area contributed by atoms with Gasteiger partial charge in [0.2, 0.25) is 0 Å². The van der Waals surface area contributed by atoms with Crippen LogP contribution >= 0.6 is 24.0 Å². The fourth-order valence-corrected chi connectivity index (χ4v) is 0.729. The largest absolute Gasteiger partial charge is 2.00 e. The van der Waals surface area contributed by atoms with Crippen LogP contribution in [0.1, 0.15) is 0 Å². The fourth-order valence-electron chi connectivity index (χ4n) is 0.177. The molecular formula is C5HFeIN5Zn. The summed E-state index contributed by atoms with van der Waals surface area (Å²) in [6.45, 7) is 0. The topological polar surface area (TPSA) is 119 Å². The van der Waals surface area contributed by atoms with E-state index in [1.54, 1.807) is 0 Å². The summed E-state index contributed by atoms with van der Waals surface area (Å²) in [5.74, 6) is 0. The number of nitriles is 5. The van der Waals surface area contributed by atoms with Crippen molar-refractivity contribution in [1.82, 2.24) is 0 Å². The maximum Gasteiger partial charge on any atom is 2.00 e. The van der Waals surface area contributed by atoms with Gasteiger partial charge in [0, 0.05) is 0 Å². The Bertz CT molecular complexity index is 300. The van der Waals surface area contributed by atoms with Crippen LogP contribution in [-0.2, 0) is 31.3 Å². The number of nitrogens with zero attached hydrogens (tertiary/aromatic N) is 5. The van der Waals surface area contributed by atoms with Crippen LogP contribution in [0.4, 0.5) is 0 Å². The maximum absolute atomic E-state index is 8.35. The monoisotopic (exact) mass is 378 g/mol. The van der Waals surface area contributed by atoms with Gasteiger partial charge in [-0.3, -0.25) is 0 Å². The minimum Gasteiger partial charge on any atom is 2.00 e. The van der Waals surface area contributed by atoms with Crippen molar-refractivity contribution in [2.45, 2.75) is 0 Å². The van der Waals surface area contributed by atoms with Crippen LogP contribution in [0.3, 0.4) is 0 Å².